The van der Waals surface area contributed by atoms with Crippen LogP contribution in [0.25, 0.3) is 22.8 Å². The average Bonchev–Trinajstić information content (AvgIpc) is 3.23. The third kappa shape index (κ3) is 3.37. The van der Waals surface area contributed by atoms with Crippen molar-refractivity contribution in [3.63, 3.8) is 0 Å². The molecule has 0 radical (unpaired) electrons. The van der Waals surface area contributed by atoms with Gasteiger partial charge in [-0.15, -0.1) is 0 Å². The maximum absolute atomic E-state index is 14.6. The van der Waals surface area contributed by atoms with Crippen molar-refractivity contribution in [1.29, 1.82) is 0 Å². The van der Waals surface area contributed by atoms with Crippen LogP contribution in [0.1, 0.15) is 16.7 Å². The standard InChI is InChI=1S/C32H23OP/c33-34(25-11-3-1-4-12-25,26-13-5-2-6-14-26)27-21-19-24(20-22-27)23-32-30-17-9-7-15-28(30)29-16-8-10-18-31(29)32/h1-23H. The van der Waals surface area contributed by atoms with Gasteiger partial charge in [-0.3, -0.25) is 0 Å². The van der Waals surface area contributed by atoms with Gasteiger partial charge in [0.1, 0.15) is 0 Å². The highest BCUT2D eigenvalue weighted by molar-refractivity contribution is 7.85. The summed E-state index contributed by atoms with van der Waals surface area (Å²) in [6.45, 7) is 0. The van der Waals surface area contributed by atoms with Gasteiger partial charge in [0.15, 0.2) is 7.14 Å². The molecule has 0 fully saturated rings. The largest absolute Gasteiger partial charge is 0.309 e. The van der Waals surface area contributed by atoms with Crippen molar-refractivity contribution in [3.05, 3.63) is 150 Å². The predicted molar refractivity (Wildman–Crippen MR) is 145 cm³/mol. The normalized spacial score (nSPS) is 12.2. The Hall–Kier alpha value is -3.93. The minimum absolute atomic E-state index is 0.847. The maximum atomic E-state index is 14.6. The lowest BCUT2D eigenvalue weighted by Crippen LogP contribution is -2.24. The van der Waals surface area contributed by atoms with Gasteiger partial charge in [-0.1, -0.05) is 133 Å². The lowest BCUT2D eigenvalue weighted by Gasteiger charge is -2.20. The molecule has 0 spiro atoms. The van der Waals surface area contributed by atoms with Crippen LogP contribution in [-0.2, 0) is 4.57 Å². The number of rotatable bonds is 4. The molecule has 34 heavy (non-hydrogen) atoms. The monoisotopic (exact) mass is 454 g/mol. The van der Waals surface area contributed by atoms with E-state index in [1.165, 1.54) is 27.8 Å². The van der Waals surface area contributed by atoms with Crippen molar-refractivity contribution < 1.29 is 4.57 Å². The van der Waals surface area contributed by atoms with Gasteiger partial charge in [-0.2, -0.15) is 0 Å². The average molecular weight is 455 g/mol. The van der Waals surface area contributed by atoms with E-state index in [1.807, 2.05) is 72.8 Å². The highest BCUT2D eigenvalue weighted by atomic mass is 31.2. The summed E-state index contributed by atoms with van der Waals surface area (Å²) in [6.07, 6.45) is 2.24. The Morgan fingerprint density at radius 2 is 0.794 bits per heavy atom. The third-order valence-electron chi connectivity index (χ3n) is 6.53. The summed E-state index contributed by atoms with van der Waals surface area (Å²) in [7, 11) is -2.96. The fraction of sp³-hybridized carbons (Fsp3) is 0. The molecule has 0 bridgehead atoms. The summed E-state index contributed by atoms with van der Waals surface area (Å²) in [5.74, 6) is 0. The Labute approximate surface area is 200 Å². The van der Waals surface area contributed by atoms with Crippen LogP contribution in [0.2, 0.25) is 0 Å². The summed E-state index contributed by atoms with van der Waals surface area (Å²) in [4.78, 5) is 0. The smallest absolute Gasteiger partial charge is 0.171 e. The molecule has 5 aromatic rings. The third-order valence-corrected chi connectivity index (χ3v) is 9.61. The van der Waals surface area contributed by atoms with Crippen LogP contribution in [0.5, 0.6) is 0 Å². The van der Waals surface area contributed by atoms with Crippen molar-refractivity contribution in [2.75, 3.05) is 0 Å². The second kappa shape index (κ2) is 8.45. The highest BCUT2D eigenvalue weighted by Crippen LogP contribution is 2.45. The van der Waals surface area contributed by atoms with E-state index in [-0.39, 0.29) is 0 Å². The van der Waals surface area contributed by atoms with E-state index in [9.17, 15) is 4.57 Å². The Balaban J connectivity index is 1.45. The zero-order valence-electron chi connectivity index (χ0n) is 18.6. The minimum atomic E-state index is -2.96. The molecule has 0 aromatic heterocycles. The molecule has 1 aliphatic rings. The first-order valence-corrected chi connectivity index (χ1v) is 13.2. The first kappa shape index (κ1) is 20.7. The molecule has 0 saturated heterocycles. The van der Waals surface area contributed by atoms with Gasteiger partial charge in [0.05, 0.1) is 0 Å². The molecule has 0 N–H and O–H groups in total. The van der Waals surface area contributed by atoms with Crippen LogP contribution in [0.3, 0.4) is 0 Å². The van der Waals surface area contributed by atoms with Crippen LogP contribution in [-0.4, -0.2) is 0 Å². The quantitative estimate of drug-likeness (QED) is 0.265. The molecule has 0 atom stereocenters. The van der Waals surface area contributed by atoms with Gasteiger partial charge >= 0.3 is 0 Å². The number of hydrogen-bond acceptors (Lipinski definition) is 1. The lowest BCUT2D eigenvalue weighted by atomic mass is 10.0. The van der Waals surface area contributed by atoms with E-state index in [2.05, 4.69) is 66.7 Å². The lowest BCUT2D eigenvalue weighted by molar-refractivity contribution is 0.592. The number of hydrogen-bond donors (Lipinski definition) is 0. The van der Waals surface area contributed by atoms with Crippen LogP contribution < -0.4 is 15.9 Å². The zero-order chi connectivity index (χ0) is 23.0. The van der Waals surface area contributed by atoms with Gasteiger partial charge in [0, 0.05) is 15.9 Å². The molecule has 0 amide bonds. The molecule has 2 heteroatoms. The van der Waals surface area contributed by atoms with E-state index >= 15 is 0 Å². The molecule has 6 rings (SSSR count). The summed E-state index contributed by atoms with van der Waals surface area (Å²) in [6, 6.07) is 45.0. The van der Waals surface area contributed by atoms with Gasteiger partial charge in [-0.25, -0.2) is 0 Å². The molecule has 162 valence electrons. The predicted octanol–water partition coefficient (Wildman–Crippen LogP) is 6.90. The van der Waals surface area contributed by atoms with Crippen molar-refractivity contribution in [2.24, 2.45) is 0 Å². The number of fused-ring (bicyclic) bond motifs is 3. The van der Waals surface area contributed by atoms with Crippen molar-refractivity contribution in [3.8, 4) is 11.1 Å². The second-order valence-corrected chi connectivity index (χ2v) is 11.3. The molecule has 1 aliphatic carbocycles. The molecule has 0 saturated carbocycles. The van der Waals surface area contributed by atoms with Crippen LogP contribution in [0.15, 0.2) is 133 Å². The van der Waals surface area contributed by atoms with Crippen LogP contribution in [0.4, 0.5) is 0 Å². The molecule has 1 nitrogen and oxygen atoms in total. The van der Waals surface area contributed by atoms with E-state index in [1.54, 1.807) is 0 Å². The molecule has 0 aliphatic heterocycles. The molecular weight excluding hydrogens is 431 g/mol. The zero-order valence-corrected chi connectivity index (χ0v) is 19.5. The Bertz CT molecular complexity index is 1460. The Kier molecular flexibility index (Phi) is 5.13. The summed E-state index contributed by atoms with van der Waals surface area (Å²) in [5.41, 5.74) is 7.39. The molecular formula is C32H23OP. The van der Waals surface area contributed by atoms with Gasteiger partial charge < -0.3 is 4.57 Å². The van der Waals surface area contributed by atoms with E-state index in [0.717, 1.165) is 21.5 Å². The summed E-state index contributed by atoms with van der Waals surface area (Å²) >= 11 is 0. The first-order chi connectivity index (χ1) is 16.7. The van der Waals surface area contributed by atoms with Gasteiger partial charge in [0.2, 0.25) is 0 Å². The van der Waals surface area contributed by atoms with Crippen LogP contribution in [0, 0.1) is 0 Å². The van der Waals surface area contributed by atoms with Gasteiger partial charge in [0.25, 0.3) is 0 Å². The SMILES string of the molecule is O=P(c1ccccc1)(c1ccccc1)c1ccc(C=C2c3ccccc3-c3ccccc32)cc1. The fourth-order valence-corrected chi connectivity index (χ4v) is 7.52. The fourth-order valence-electron chi connectivity index (χ4n) is 4.88. The number of benzene rings is 5. The summed E-state index contributed by atoms with van der Waals surface area (Å²) < 4.78 is 14.6. The highest BCUT2D eigenvalue weighted by Gasteiger charge is 2.29. The Morgan fingerprint density at radius 3 is 1.26 bits per heavy atom. The van der Waals surface area contributed by atoms with Crippen molar-refractivity contribution in [2.45, 2.75) is 0 Å². The first-order valence-electron chi connectivity index (χ1n) is 11.5. The van der Waals surface area contributed by atoms with E-state index in [0.29, 0.717) is 0 Å². The summed E-state index contributed by atoms with van der Waals surface area (Å²) in [5, 5.41) is 2.55. The van der Waals surface area contributed by atoms with E-state index < -0.39 is 7.14 Å². The second-order valence-electron chi connectivity index (χ2n) is 8.52. The van der Waals surface area contributed by atoms with Crippen molar-refractivity contribution in [1.82, 2.24) is 0 Å². The minimum Gasteiger partial charge on any atom is -0.309 e. The molecule has 0 unspecified atom stereocenters. The maximum Gasteiger partial charge on any atom is 0.171 e. The Morgan fingerprint density at radius 1 is 0.412 bits per heavy atom. The van der Waals surface area contributed by atoms with Crippen molar-refractivity contribution >= 4 is 34.7 Å². The topological polar surface area (TPSA) is 17.1 Å². The van der Waals surface area contributed by atoms with E-state index in [4.69, 9.17) is 0 Å². The van der Waals surface area contributed by atoms with Crippen LogP contribution >= 0.6 is 7.14 Å². The molecule has 5 aromatic carbocycles. The van der Waals surface area contributed by atoms with Gasteiger partial charge in [-0.05, 0) is 39.5 Å². The molecule has 0 heterocycles.